The van der Waals surface area contributed by atoms with E-state index < -0.39 is 0 Å². The number of para-hydroxylation sites is 1. The predicted octanol–water partition coefficient (Wildman–Crippen LogP) is 3.08. The van der Waals surface area contributed by atoms with E-state index in [4.69, 9.17) is 9.47 Å². The summed E-state index contributed by atoms with van der Waals surface area (Å²) in [5, 5.41) is 0. The molecular weight excluding hydrogens is 212 g/mol. The summed E-state index contributed by atoms with van der Waals surface area (Å²) < 4.78 is 11.0. The van der Waals surface area contributed by atoms with E-state index in [9.17, 15) is 0 Å². The average molecular weight is 227 g/mol. The molecule has 0 heterocycles. The zero-order valence-electron chi connectivity index (χ0n) is 9.63. The molecule has 0 saturated carbocycles. The first kappa shape index (κ1) is 11.7. The van der Waals surface area contributed by atoms with Crippen LogP contribution >= 0.6 is 0 Å². The Morgan fingerprint density at radius 3 is 2.47 bits per heavy atom. The van der Waals surface area contributed by atoms with Gasteiger partial charge in [-0.2, -0.15) is 0 Å². The number of hydrogen-bond acceptors (Lipinski definition) is 2. The van der Waals surface area contributed by atoms with Crippen molar-refractivity contribution in [1.82, 2.24) is 0 Å². The van der Waals surface area contributed by atoms with Gasteiger partial charge in [0, 0.05) is 6.07 Å². The summed E-state index contributed by atoms with van der Waals surface area (Å²) >= 11 is 0. The van der Waals surface area contributed by atoms with Crippen LogP contribution in [0.5, 0.6) is 5.75 Å². The first-order chi connectivity index (χ1) is 8.45. The van der Waals surface area contributed by atoms with Crippen LogP contribution in [-0.4, -0.2) is 13.2 Å². The normalized spacial score (nSPS) is 10.1. The maximum atomic E-state index is 5.50. The second-order valence-corrected chi connectivity index (χ2v) is 3.61. The lowest BCUT2D eigenvalue weighted by Gasteiger charge is -2.06. The quantitative estimate of drug-likeness (QED) is 0.706. The van der Waals surface area contributed by atoms with Gasteiger partial charge in [0.05, 0.1) is 13.2 Å². The Balaban J connectivity index is 1.61. The van der Waals surface area contributed by atoms with Crippen molar-refractivity contribution in [2.24, 2.45) is 0 Å². The fourth-order valence-electron chi connectivity index (χ4n) is 1.44. The summed E-state index contributed by atoms with van der Waals surface area (Å²) in [5.74, 6) is 0.760. The highest BCUT2D eigenvalue weighted by Gasteiger charge is 1.94. The fraction of sp³-hybridized carbons (Fsp3) is 0.200. The molecule has 0 atom stereocenters. The Morgan fingerprint density at radius 2 is 1.71 bits per heavy atom. The van der Waals surface area contributed by atoms with Gasteiger partial charge in [-0.25, -0.2) is 0 Å². The van der Waals surface area contributed by atoms with Crippen molar-refractivity contribution in [1.29, 1.82) is 0 Å². The van der Waals surface area contributed by atoms with Gasteiger partial charge in [0.15, 0.2) is 0 Å². The van der Waals surface area contributed by atoms with E-state index in [0.29, 0.717) is 19.8 Å². The van der Waals surface area contributed by atoms with Crippen LogP contribution in [0.15, 0.2) is 54.6 Å². The van der Waals surface area contributed by atoms with Crippen molar-refractivity contribution in [3.63, 3.8) is 0 Å². The highest BCUT2D eigenvalue weighted by atomic mass is 16.5. The standard InChI is InChI=1S/C15H15O2/c1-3-7-14(8-4-1)13-16-11-12-17-15-9-5-2-6-10-15/h1-9H,11-13H2. The van der Waals surface area contributed by atoms with E-state index in [0.717, 1.165) is 5.75 Å². The van der Waals surface area contributed by atoms with Crippen LogP contribution in [0, 0.1) is 6.07 Å². The molecule has 2 heteroatoms. The van der Waals surface area contributed by atoms with Gasteiger partial charge in [-0.3, -0.25) is 0 Å². The summed E-state index contributed by atoms with van der Waals surface area (Å²) in [5.41, 5.74) is 1.18. The van der Waals surface area contributed by atoms with Gasteiger partial charge >= 0.3 is 0 Å². The zero-order chi connectivity index (χ0) is 11.8. The number of rotatable bonds is 6. The molecule has 0 amide bonds. The minimum Gasteiger partial charge on any atom is -0.491 e. The smallest absolute Gasteiger partial charge is 0.127 e. The lowest BCUT2D eigenvalue weighted by atomic mass is 10.2. The van der Waals surface area contributed by atoms with Crippen molar-refractivity contribution in [2.45, 2.75) is 6.61 Å². The van der Waals surface area contributed by atoms with Crippen LogP contribution in [0.2, 0.25) is 0 Å². The van der Waals surface area contributed by atoms with Crippen LogP contribution in [0.1, 0.15) is 5.56 Å². The summed E-state index contributed by atoms with van der Waals surface area (Å²) in [6, 6.07) is 20.7. The highest BCUT2D eigenvalue weighted by Crippen LogP contribution is 2.07. The predicted molar refractivity (Wildman–Crippen MR) is 66.9 cm³/mol. The first-order valence-electron chi connectivity index (χ1n) is 5.66. The van der Waals surface area contributed by atoms with Crippen LogP contribution in [0.4, 0.5) is 0 Å². The molecule has 87 valence electrons. The molecule has 2 aromatic carbocycles. The molecule has 17 heavy (non-hydrogen) atoms. The van der Waals surface area contributed by atoms with Gasteiger partial charge in [-0.05, 0) is 11.6 Å². The summed E-state index contributed by atoms with van der Waals surface area (Å²) in [6.07, 6.45) is 0. The molecule has 2 aromatic rings. The van der Waals surface area contributed by atoms with Crippen molar-refractivity contribution in [3.8, 4) is 5.75 Å². The minimum absolute atomic E-state index is 0.549. The van der Waals surface area contributed by atoms with Crippen LogP contribution in [0.25, 0.3) is 0 Å². The molecule has 2 nitrogen and oxygen atoms in total. The number of ether oxygens (including phenoxy) is 2. The van der Waals surface area contributed by atoms with E-state index in [2.05, 4.69) is 6.07 Å². The zero-order valence-corrected chi connectivity index (χ0v) is 9.63. The van der Waals surface area contributed by atoms with Crippen molar-refractivity contribution in [2.75, 3.05) is 13.2 Å². The Labute approximate surface area is 102 Å². The second-order valence-electron chi connectivity index (χ2n) is 3.61. The Hall–Kier alpha value is -1.80. The van der Waals surface area contributed by atoms with Crippen molar-refractivity contribution in [3.05, 3.63) is 66.2 Å². The molecule has 1 radical (unpaired) electrons. The highest BCUT2D eigenvalue weighted by molar-refractivity contribution is 5.19. The van der Waals surface area contributed by atoms with Crippen molar-refractivity contribution < 1.29 is 9.47 Å². The Kier molecular flexibility index (Phi) is 4.61. The summed E-state index contributed by atoms with van der Waals surface area (Å²) in [6.45, 7) is 1.76. The van der Waals surface area contributed by atoms with Gasteiger partial charge in [-0.15, -0.1) is 0 Å². The Morgan fingerprint density at radius 1 is 0.882 bits per heavy atom. The van der Waals surface area contributed by atoms with Crippen LogP contribution < -0.4 is 4.74 Å². The van der Waals surface area contributed by atoms with E-state index in [1.165, 1.54) is 5.56 Å². The van der Waals surface area contributed by atoms with E-state index in [-0.39, 0.29) is 0 Å². The molecule has 0 unspecified atom stereocenters. The van der Waals surface area contributed by atoms with Gasteiger partial charge in [-0.1, -0.05) is 48.5 Å². The van der Waals surface area contributed by atoms with Crippen molar-refractivity contribution >= 4 is 0 Å². The van der Waals surface area contributed by atoms with Crippen LogP contribution in [-0.2, 0) is 11.3 Å². The number of hydrogen-bond donors (Lipinski definition) is 0. The van der Waals surface area contributed by atoms with Gasteiger partial charge in [0.1, 0.15) is 12.4 Å². The van der Waals surface area contributed by atoms with Crippen LogP contribution in [0.3, 0.4) is 0 Å². The average Bonchev–Trinajstić information content (AvgIpc) is 2.41. The van der Waals surface area contributed by atoms with Gasteiger partial charge in [0.25, 0.3) is 0 Å². The summed E-state index contributed by atoms with van der Waals surface area (Å²) in [7, 11) is 0. The molecule has 0 aliphatic carbocycles. The molecule has 0 spiro atoms. The Bertz CT molecular complexity index is 370. The minimum atomic E-state index is 0.549. The molecule has 0 bridgehead atoms. The van der Waals surface area contributed by atoms with E-state index in [1.807, 2.05) is 54.6 Å². The summed E-state index contributed by atoms with van der Waals surface area (Å²) in [4.78, 5) is 0. The molecule has 0 saturated heterocycles. The van der Waals surface area contributed by atoms with E-state index in [1.54, 1.807) is 0 Å². The maximum absolute atomic E-state index is 5.50. The molecule has 0 aliphatic heterocycles. The SMILES string of the molecule is [c]1ccccc1OCCOCc1ccccc1. The van der Waals surface area contributed by atoms with Gasteiger partial charge in [0.2, 0.25) is 0 Å². The largest absolute Gasteiger partial charge is 0.491 e. The van der Waals surface area contributed by atoms with E-state index >= 15 is 0 Å². The number of benzene rings is 2. The third kappa shape index (κ3) is 4.29. The lowest BCUT2D eigenvalue weighted by molar-refractivity contribution is 0.0888. The fourth-order valence-corrected chi connectivity index (χ4v) is 1.44. The lowest BCUT2D eigenvalue weighted by Crippen LogP contribution is -2.06. The molecule has 0 N–H and O–H groups in total. The third-order valence-electron chi connectivity index (χ3n) is 2.28. The molecule has 0 fully saturated rings. The third-order valence-corrected chi connectivity index (χ3v) is 2.28. The molecular formula is C15H15O2. The molecule has 0 aromatic heterocycles. The topological polar surface area (TPSA) is 18.5 Å². The molecule has 0 aliphatic rings. The first-order valence-corrected chi connectivity index (χ1v) is 5.66. The monoisotopic (exact) mass is 227 g/mol. The molecule has 2 rings (SSSR count). The maximum Gasteiger partial charge on any atom is 0.127 e. The second kappa shape index (κ2) is 6.71. The van der Waals surface area contributed by atoms with Gasteiger partial charge < -0.3 is 9.47 Å².